The van der Waals surface area contributed by atoms with Crippen LogP contribution >= 0.6 is 11.3 Å². The van der Waals surface area contributed by atoms with Crippen LogP contribution in [0.4, 0.5) is 0 Å². The van der Waals surface area contributed by atoms with Crippen LogP contribution in [0.2, 0.25) is 0 Å². The van der Waals surface area contributed by atoms with Crippen molar-refractivity contribution in [3.05, 3.63) is 58.1 Å². The average molecular weight is 398 g/mol. The van der Waals surface area contributed by atoms with Gasteiger partial charge in [0.25, 0.3) is 0 Å². The molecule has 1 aliphatic rings. The highest BCUT2D eigenvalue weighted by atomic mass is 32.1. The quantitative estimate of drug-likeness (QED) is 0.754. The normalized spacial score (nSPS) is 17.2. The van der Waals surface area contributed by atoms with Crippen molar-refractivity contribution in [3.8, 4) is 0 Å². The fourth-order valence-corrected chi connectivity index (χ4v) is 4.14. The van der Waals surface area contributed by atoms with Gasteiger partial charge in [0.05, 0.1) is 17.2 Å². The molecular formula is C22H27N3O2S. The van der Waals surface area contributed by atoms with Gasteiger partial charge >= 0.3 is 0 Å². The molecule has 2 aromatic rings. The number of nitrogens with zero attached hydrogens (tertiary/aromatic N) is 2. The van der Waals surface area contributed by atoms with Gasteiger partial charge in [-0.05, 0) is 24.5 Å². The summed E-state index contributed by atoms with van der Waals surface area (Å²) in [6.07, 6.45) is 5.54. The van der Waals surface area contributed by atoms with E-state index in [2.05, 4.69) is 5.32 Å². The average Bonchev–Trinajstić information content (AvgIpc) is 3.20. The van der Waals surface area contributed by atoms with E-state index >= 15 is 0 Å². The monoisotopic (exact) mass is 397 g/mol. The van der Waals surface area contributed by atoms with Gasteiger partial charge in [0.2, 0.25) is 11.8 Å². The highest BCUT2D eigenvalue weighted by Crippen LogP contribution is 2.29. The standard InChI is InChI=1S/C22H27N3O2S/c1-16(2)21(27)23-13-19-15-28-22(24-19)18-9-6-12-25(14-18)20(26)11-10-17-7-4-3-5-8-17/h3-5,7-8,10-11,15-16,18H,6,9,12-14H2,1-2H3,(H,23,27)/b11-10+/t18-/m0/s1. The Hall–Kier alpha value is -2.47. The van der Waals surface area contributed by atoms with Gasteiger partial charge in [-0.3, -0.25) is 9.59 Å². The second-order valence-electron chi connectivity index (χ2n) is 7.42. The van der Waals surface area contributed by atoms with E-state index in [4.69, 9.17) is 4.98 Å². The summed E-state index contributed by atoms with van der Waals surface area (Å²) in [4.78, 5) is 30.9. The molecule has 3 rings (SSSR count). The maximum Gasteiger partial charge on any atom is 0.246 e. The number of rotatable bonds is 6. The largest absolute Gasteiger partial charge is 0.350 e. The lowest BCUT2D eigenvalue weighted by atomic mass is 9.98. The van der Waals surface area contributed by atoms with Crippen LogP contribution in [-0.2, 0) is 16.1 Å². The zero-order chi connectivity index (χ0) is 19.9. The minimum Gasteiger partial charge on any atom is -0.350 e. The van der Waals surface area contributed by atoms with Gasteiger partial charge in [0.1, 0.15) is 0 Å². The third kappa shape index (κ3) is 5.52. The predicted octanol–water partition coefficient (Wildman–Crippen LogP) is 3.83. The van der Waals surface area contributed by atoms with Gasteiger partial charge in [0.15, 0.2) is 0 Å². The van der Waals surface area contributed by atoms with Gasteiger partial charge in [-0.15, -0.1) is 11.3 Å². The van der Waals surface area contributed by atoms with Crippen molar-refractivity contribution in [3.63, 3.8) is 0 Å². The number of piperidine rings is 1. The van der Waals surface area contributed by atoms with Crippen LogP contribution in [0, 0.1) is 5.92 Å². The molecule has 1 aliphatic heterocycles. The minimum absolute atomic E-state index is 0.0278. The van der Waals surface area contributed by atoms with Crippen molar-refractivity contribution in [1.29, 1.82) is 0 Å². The maximum atomic E-state index is 12.6. The van der Waals surface area contributed by atoms with Crippen LogP contribution < -0.4 is 5.32 Å². The van der Waals surface area contributed by atoms with Crippen molar-refractivity contribution < 1.29 is 9.59 Å². The van der Waals surface area contributed by atoms with Crippen LogP contribution in [0.3, 0.4) is 0 Å². The van der Waals surface area contributed by atoms with Crippen LogP contribution in [0.1, 0.15) is 48.9 Å². The molecule has 0 radical (unpaired) electrons. The van der Waals surface area contributed by atoms with Gasteiger partial charge < -0.3 is 10.2 Å². The number of aromatic nitrogens is 1. The summed E-state index contributed by atoms with van der Waals surface area (Å²) in [6.45, 7) is 5.70. The SMILES string of the molecule is CC(C)C(=O)NCc1csc([C@H]2CCCN(C(=O)/C=C/c3ccccc3)C2)n1. The first-order valence-corrected chi connectivity index (χ1v) is 10.6. The van der Waals surface area contributed by atoms with Crippen molar-refractivity contribution in [2.24, 2.45) is 5.92 Å². The number of amides is 2. The summed E-state index contributed by atoms with van der Waals surface area (Å²) in [7, 11) is 0. The van der Waals surface area contributed by atoms with Crippen molar-refractivity contribution >= 4 is 29.2 Å². The molecule has 1 atom stereocenters. The lowest BCUT2D eigenvalue weighted by Crippen LogP contribution is -2.38. The molecule has 0 saturated carbocycles. The van der Waals surface area contributed by atoms with Gasteiger partial charge in [-0.1, -0.05) is 44.2 Å². The number of nitrogens with one attached hydrogen (secondary N) is 1. The first-order chi connectivity index (χ1) is 13.5. The summed E-state index contributed by atoms with van der Waals surface area (Å²) < 4.78 is 0. The van der Waals surface area contributed by atoms with E-state index in [9.17, 15) is 9.59 Å². The van der Waals surface area contributed by atoms with Crippen molar-refractivity contribution in [2.75, 3.05) is 13.1 Å². The number of likely N-dealkylation sites (tertiary alicyclic amines) is 1. The molecular weight excluding hydrogens is 370 g/mol. The third-order valence-corrected chi connectivity index (χ3v) is 5.89. The van der Waals surface area contributed by atoms with Crippen LogP contribution in [0.25, 0.3) is 6.08 Å². The molecule has 2 heterocycles. The first-order valence-electron chi connectivity index (χ1n) is 9.77. The first kappa shape index (κ1) is 20.3. The number of carbonyl (C=O) groups is 2. The van der Waals surface area contributed by atoms with E-state index in [1.54, 1.807) is 17.4 Å². The molecule has 1 aromatic heterocycles. The molecule has 1 saturated heterocycles. The van der Waals surface area contributed by atoms with Gasteiger partial charge in [-0.25, -0.2) is 4.98 Å². The second kappa shape index (κ2) is 9.64. The zero-order valence-electron chi connectivity index (χ0n) is 16.4. The van der Waals surface area contributed by atoms with Crippen molar-refractivity contribution in [2.45, 2.75) is 39.2 Å². The Morgan fingerprint density at radius 3 is 2.86 bits per heavy atom. The molecule has 0 aliphatic carbocycles. The number of hydrogen-bond acceptors (Lipinski definition) is 4. The Labute approximate surface area is 170 Å². The van der Waals surface area contributed by atoms with Crippen LogP contribution in [0.15, 0.2) is 41.8 Å². The third-order valence-electron chi connectivity index (χ3n) is 4.84. The topological polar surface area (TPSA) is 62.3 Å². The minimum atomic E-state index is -0.0278. The molecule has 1 fully saturated rings. The molecule has 0 spiro atoms. The molecule has 6 heteroatoms. The summed E-state index contributed by atoms with van der Waals surface area (Å²) in [5, 5.41) is 5.97. The van der Waals surface area contributed by atoms with Gasteiger partial charge in [0, 0.05) is 36.4 Å². The highest BCUT2D eigenvalue weighted by Gasteiger charge is 2.25. The summed E-state index contributed by atoms with van der Waals surface area (Å²) in [6, 6.07) is 9.86. The van der Waals surface area contributed by atoms with E-state index in [0.717, 1.165) is 35.7 Å². The summed E-state index contributed by atoms with van der Waals surface area (Å²) >= 11 is 1.62. The summed E-state index contributed by atoms with van der Waals surface area (Å²) in [5.74, 6) is 0.325. The van der Waals surface area contributed by atoms with Crippen molar-refractivity contribution in [1.82, 2.24) is 15.2 Å². The molecule has 0 unspecified atom stereocenters. The smallest absolute Gasteiger partial charge is 0.246 e. The fourth-order valence-electron chi connectivity index (χ4n) is 3.19. The number of carbonyl (C=O) groups excluding carboxylic acids is 2. The Morgan fingerprint density at radius 2 is 2.11 bits per heavy atom. The van der Waals surface area contributed by atoms with E-state index in [0.29, 0.717) is 13.1 Å². The number of thiazole rings is 1. The lowest BCUT2D eigenvalue weighted by Gasteiger charge is -2.31. The maximum absolute atomic E-state index is 12.6. The number of benzene rings is 1. The van der Waals surface area contributed by atoms with E-state index in [-0.39, 0.29) is 23.7 Å². The molecule has 1 aromatic carbocycles. The molecule has 2 amide bonds. The molecule has 28 heavy (non-hydrogen) atoms. The van der Waals surface area contributed by atoms with E-state index in [1.165, 1.54) is 0 Å². The van der Waals surface area contributed by atoms with Crippen LogP contribution in [-0.4, -0.2) is 34.8 Å². The second-order valence-corrected chi connectivity index (χ2v) is 8.31. The molecule has 148 valence electrons. The lowest BCUT2D eigenvalue weighted by molar-refractivity contribution is -0.127. The highest BCUT2D eigenvalue weighted by molar-refractivity contribution is 7.09. The van der Waals surface area contributed by atoms with E-state index in [1.807, 2.05) is 60.5 Å². The Kier molecular flexibility index (Phi) is 6.98. The molecule has 5 nitrogen and oxygen atoms in total. The zero-order valence-corrected chi connectivity index (χ0v) is 17.2. The Bertz CT molecular complexity index is 829. The molecule has 0 bridgehead atoms. The number of hydrogen-bond donors (Lipinski definition) is 1. The van der Waals surface area contributed by atoms with Crippen LogP contribution in [0.5, 0.6) is 0 Å². The Morgan fingerprint density at radius 1 is 1.32 bits per heavy atom. The molecule has 1 N–H and O–H groups in total. The Balaban J connectivity index is 1.56. The van der Waals surface area contributed by atoms with E-state index < -0.39 is 0 Å². The van der Waals surface area contributed by atoms with Gasteiger partial charge in [-0.2, -0.15) is 0 Å². The fraction of sp³-hybridized carbons (Fsp3) is 0.409. The predicted molar refractivity (Wildman–Crippen MR) is 113 cm³/mol. The summed E-state index contributed by atoms with van der Waals surface area (Å²) in [5.41, 5.74) is 1.92.